The lowest BCUT2D eigenvalue weighted by Gasteiger charge is -2.25. The molecule has 0 atom stereocenters. The summed E-state index contributed by atoms with van der Waals surface area (Å²) in [7, 11) is -3.68. The van der Waals surface area contributed by atoms with Crippen LogP contribution in [0.15, 0.2) is 53.4 Å². The molecule has 2 aromatic rings. The normalized spacial score (nSPS) is 12.0. The van der Waals surface area contributed by atoms with Crippen molar-refractivity contribution in [1.29, 1.82) is 0 Å². The second-order valence-electron chi connectivity index (χ2n) is 6.27. The van der Waals surface area contributed by atoms with Crippen LogP contribution in [0.3, 0.4) is 0 Å². The molecule has 0 bridgehead atoms. The number of benzene rings is 2. The van der Waals surface area contributed by atoms with Gasteiger partial charge in [0.05, 0.1) is 10.3 Å². The van der Waals surface area contributed by atoms with E-state index in [0.717, 1.165) is 0 Å². The lowest BCUT2D eigenvalue weighted by atomic mass is 9.83. The van der Waals surface area contributed by atoms with E-state index in [4.69, 9.17) is 17.3 Å². The Morgan fingerprint density at radius 1 is 1.15 bits per heavy atom. The number of sulfonamides is 1. The smallest absolute Gasteiger partial charge is 0.240 e. The van der Waals surface area contributed by atoms with E-state index in [1.807, 2.05) is 6.07 Å². The molecule has 26 heavy (non-hydrogen) atoms. The fraction of sp³-hybridized carbons (Fsp3) is 0.278. The molecule has 0 saturated heterocycles. The van der Waals surface area contributed by atoms with Gasteiger partial charge in [0.15, 0.2) is 0 Å². The molecule has 0 fully saturated rings. The molecule has 0 saturated carbocycles. The molecule has 0 aliphatic rings. The molecule has 140 valence electrons. The van der Waals surface area contributed by atoms with Crippen molar-refractivity contribution in [1.82, 2.24) is 4.72 Å². The van der Waals surface area contributed by atoms with Crippen LogP contribution in [0.5, 0.6) is 0 Å². The molecular formula is C18H22ClN3O3S. The average Bonchev–Trinajstić information content (AvgIpc) is 2.60. The van der Waals surface area contributed by atoms with Crippen molar-refractivity contribution in [2.45, 2.75) is 24.2 Å². The Bertz CT molecular complexity index is 898. The van der Waals surface area contributed by atoms with Crippen molar-refractivity contribution >= 4 is 33.2 Å². The van der Waals surface area contributed by atoms with Gasteiger partial charge in [-0.25, -0.2) is 13.1 Å². The summed E-state index contributed by atoms with van der Waals surface area (Å²) >= 11 is 6.21. The van der Waals surface area contributed by atoms with Gasteiger partial charge >= 0.3 is 0 Å². The zero-order valence-corrected chi connectivity index (χ0v) is 16.2. The molecule has 0 aromatic heterocycles. The third kappa shape index (κ3) is 4.62. The van der Waals surface area contributed by atoms with Crippen molar-refractivity contribution in [2.24, 2.45) is 5.73 Å². The van der Waals surface area contributed by atoms with Crippen LogP contribution in [0, 0.1) is 0 Å². The van der Waals surface area contributed by atoms with Crippen LogP contribution in [0.2, 0.25) is 5.02 Å². The molecule has 2 aromatic carbocycles. The first kappa shape index (κ1) is 20.4. The average molecular weight is 396 g/mol. The van der Waals surface area contributed by atoms with E-state index in [2.05, 4.69) is 10.0 Å². The monoisotopic (exact) mass is 395 g/mol. The number of hydrogen-bond donors (Lipinski definition) is 3. The van der Waals surface area contributed by atoms with Gasteiger partial charge in [0.25, 0.3) is 0 Å². The summed E-state index contributed by atoms with van der Waals surface area (Å²) in [4.78, 5) is 12.8. The second-order valence-corrected chi connectivity index (χ2v) is 8.45. The first-order valence-electron chi connectivity index (χ1n) is 8.05. The summed E-state index contributed by atoms with van der Waals surface area (Å²) in [5.41, 5.74) is 5.50. The van der Waals surface area contributed by atoms with Crippen LogP contribution >= 0.6 is 11.6 Å². The highest BCUT2D eigenvalue weighted by Gasteiger charge is 2.31. The molecule has 1 amide bonds. The van der Waals surface area contributed by atoms with Crippen LogP contribution in [-0.2, 0) is 20.2 Å². The summed E-state index contributed by atoms with van der Waals surface area (Å²) in [6, 6.07) is 13.2. The number of halogens is 1. The Kier molecular flexibility index (Phi) is 6.41. The quantitative estimate of drug-likeness (QED) is 0.670. The first-order valence-corrected chi connectivity index (χ1v) is 9.91. The number of carbonyl (C=O) groups excluding carboxylic acids is 1. The third-order valence-corrected chi connectivity index (χ3v) is 5.74. The zero-order valence-electron chi connectivity index (χ0n) is 14.6. The highest BCUT2D eigenvalue weighted by atomic mass is 35.5. The lowest BCUT2D eigenvalue weighted by Crippen LogP contribution is -2.35. The van der Waals surface area contributed by atoms with Crippen molar-refractivity contribution < 1.29 is 13.2 Å². The van der Waals surface area contributed by atoms with Gasteiger partial charge in [-0.2, -0.15) is 0 Å². The summed E-state index contributed by atoms with van der Waals surface area (Å²) in [5.74, 6) is -0.296. The van der Waals surface area contributed by atoms with Gasteiger partial charge < -0.3 is 11.1 Å². The van der Waals surface area contributed by atoms with E-state index in [-0.39, 0.29) is 23.9 Å². The molecule has 2 rings (SSSR count). The number of rotatable bonds is 7. The maximum Gasteiger partial charge on any atom is 0.240 e. The Balaban J connectivity index is 2.25. The Hall–Kier alpha value is -1.93. The summed E-state index contributed by atoms with van der Waals surface area (Å²) in [6.45, 7) is 3.85. The molecule has 4 N–H and O–H groups in total. The maximum absolute atomic E-state index is 12.8. The van der Waals surface area contributed by atoms with Crippen LogP contribution in [0.1, 0.15) is 19.4 Å². The van der Waals surface area contributed by atoms with Gasteiger partial charge in [-0.15, -0.1) is 0 Å². The minimum absolute atomic E-state index is 0.0549. The van der Waals surface area contributed by atoms with Crippen LogP contribution in [0.25, 0.3) is 0 Å². The minimum Gasteiger partial charge on any atom is -0.329 e. The van der Waals surface area contributed by atoms with Crippen molar-refractivity contribution in [3.63, 3.8) is 0 Å². The molecular weight excluding hydrogens is 374 g/mol. The number of amides is 1. The predicted octanol–water partition coefficient (Wildman–Crippen LogP) is 2.49. The van der Waals surface area contributed by atoms with E-state index >= 15 is 0 Å². The fourth-order valence-electron chi connectivity index (χ4n) is 2.40. The number of carbonyl (C=O) groups is 1. The second kappa shape index (κ2) is 8.18. The molecule has 0 aliphatic carbocycles. The summed E-state index contributed by atoms with van der Waals surface area (Å²) in [5, 5.41) is 3.26. The number of nitrogens with two attached hydrogens (primary N) is 1. The minimum atomic E-state index is -3.68. The van der Waals surface area contributed by atoms with E-state index in [1.54, 1.807) is 44.2 Å². The topological polar surface area (TPSA) is 101 Å². The summed E-state index contributed by atoms with van der Waals surface area (Å²) in [6.07, 6.45) is 0. The standard InChI is InChI=1S/C18H22ClN3O3S/c1-18(2,15-8-3-4-9-16(15)19)17(23)22-13-6-5-7-14(12-13)26(24,25)21-11-10-20/h3-9,12,21H,10-11,20H2,1-2H3,(H,22,23). The summed E-state index contributed by atoms with van der Waals surface area (Å²) < 4.78 is 26.8. The van der Waals surface area contributed by atoms with E-state index < -0.39 is 15.4 Å². The highest BCUT2D eigenvalue weighted by Crippen LogP contribution is 2.31. The predicted molar refractivity (Wildman–Crippen MR) is 104 cm³/mol. The number of nitrogens with one attached hydrogen (secondary N) is 2. The molecule has 0 radical (unpaired) electrons. The van der Waals surface area contributed by atoms with Gasteiger partial charge in [-0.1, -0.05) is 35.9 Å². The number of hydrogen-bond acceptors (Lipinski definition) is 4. The van der Waals surface area contributed by atoms with Crippen molar-refractivity contribution in [3.8, 4) is 0 Å². The molecule has 6 nitrogen and oxygen atoms in total. The molecule has 0 unspecified atom stereocenters. The van der Waals surface area contributed by atoms with E-state index in [1.165, 1.54) is 12.1 Å². The van der Waals surface area contributed by atoms with Crippen LogP contribution < -0.4 is 15.8 Å². The largest absolute Gasteiger partial charge is 0.329 e. The van der Waals surface area contributed by atoms with Gasteiger partial charge in [-0.05, 0) is 43.7 Å². The zero-order chi connectivity index (χ0) is 19.4. The third-order valence-electron chi connectivity index (χ3n) is 3.95. The Morgan fingerprint density at radius 2 is 1.85 bits per heavy atom. The Morgan fingerprint density at radius 3 is 2.50 bits per heavy atom. The number of anilines is 1. The first-order chi connectivity index (χ1) is 12.2. The highest BCUT2D eigenvalue weighted by molar-refractivity contribution is 7.89. The van der Waals surface area contributed by atoms with E-state index in [9.17, 15) is 13.2 Å². The van der Waals surface area contributed by atoms with Gasteiger partial charge in [0, 0.05) is 23.8 Å². The van der Waals surface area contributed by atoms with Crippen molar-refractivity contribution in [2.75, 3.05) is 18.4 Å². The van der Waals surface area contributed by atoms with Gasteiger partial charge in [0.2, 0.25) is 15.9 Å². The lowest BCUT2D eigenvalue weighted by molar-refractivity contribution is -0.120. The SMILES string of the molecule is CC(C)(C(=O)Nc1cccc(S(=O)(=O)NCCN)c1)c1ccccc1Cl. The molecule has 0 spiro atoms. The molecule has 0 heterocycles. The Labute approximate surface area is 158 Å². The van der Waals surface area contributed by atoms with Gasteiger partial charge in [0.1, 0.15) is 0 Å². The van der Waals surface area contributed by atoms with Crippen LogP contribution in [-0.4, -0.2) is 27.4 Å². The fourth-order valence-corrected chi connectivity index (χ4v) is 3.86. The van der Waals surface area contributed by atoms with Crippen LogP contribution in [0.4, 0.5) is 5.69 Å². The van der Waals surface area contributed by atoms with Gasteiger partial charge in [-0.3, -0.25) is 4.79 Å². The van der Waals surface area contributed by atoms with Crippen molar-refractivity contribution in [3.05, 3.63) is 59.1 Å². The molecule has 0 aliphatic heterocycles. The maximum atomic E-state index is 12.8. The molecule has 8 heteroatoms. The van der Waals surface area contributed by atoms with E-state index in [0.29, 0.717) is 16.3 Å².